The Labute approximate surface area is 146 Å². The Morgan fingerprint density at radius 3 is 2.71 bits per heavy atom. The first-order chi connectivity index (χ1) is 11.8. The minimum Gasteiger partial charge on any atom is -0.332 e. The molecule has 1 aromatic carbocycles. The van der Waals surface area contributed by atoms with Gasteiger partial charge in [-0.3, -0.25) is 4.90 Å². The molecule has 0 radical (unpaired) electrons. The van der Waals surface area contributed by atoms with Crippen LogP contribution in [0.25, 0.3) is 10.6 Å². The highest BCUT2D eigenvalue weighted by molar-refractivity contribution is 7.13. The summed E-state index contributed by atoms with van der Waals surface area (Å²) in [6.07, 6.45) is 5.32. The van der Waals surface area contributed by atoms with Crippen molar-refractivity contribution < 1.29 is 4.79 Å². The number of rotatable bonds is 4. The minimum atomic E-state index is -0.0374. The zero-order chi connectivity index (χ0) is 16.8. The largest absolute Gasteiger partial charge is 0.332 e. The van der Waals surface area contributed by atoms with Gasteiger partial charge in [0, 0.05) is 37.1 Å². The Bertz CT molecular complexity index is 714. The molecule has 1 saturated heterocycles. The maximum absolute atomic E-state index is 12.2. The van der Waals surface area contributed by atoms with Gasteiger partial charge < -0.3 is 10.2 Å². The molecule has 6 heteroatoms. The smallest absolute Gasteiger partial charge is 0.317 e. The third kappa shape index (κ3) is 4.13. The highest BCUT2D eigenvalue weighted by Gasteiger charge is 2.20. The molecule has 1 fully saturated rings. The maximum Gasteiger partial charge on any atom is 0.317 e. The average Bonchev–Trinajstić information content (AvgIpc) is 3.10. The van der Waals surface area contributed by atoms with Crippen molar-refractivity contribution in [1.82, 2.24) is 20.1 Å². The molecule has 0 bridgehead atoms. The molecule has 1 aromatic heterocycles. The van der Waals surface area contributed by atoms with Crippen LogP contribution in [-0.4, -0.2) is 53.5 Å². The average molecular weight is 340 g/mol. The van der Waals surface area contributed by atoms with E-state index in [0.717, 1.165) is 29.4 Å². The van der Waals surface area contributed by atoms with Crippen molar-refractivity contribution in [3.05, 3.63) is 41.4 Å². The van der Waals surface area contributed by atoms with E-state index in [1.807, 2.05) is 40.6 Å². The molecule has 0 saturated carbocycles. The lowest BCUT2D eigenvalue weighted by Gasteiger charge is -2.33. The van der Waals surface area contributed by atoms with E-state index in [0.29, 0.717) is 26.2 Å². The Morgan fingerprint density at radius 2 is 2.00 bits per heavy atom. The van der Waals surface area contributed by atoms with Gasteiger partial charge in [0.15, 0.2) is 0 Å². The van der Waals surface area contributed by atoms with Crippen molar-refractivity contribution in [2.45, 2.75) is 6.54 Å². The molecule has 2 aromatic rings. The summed E-state index contributed by atoms with van der Waals surface area (Å²) in [6.45, 7) is 4.17. The number of hydrogen-bond donors (Lipinski definition) is 1. The number of terminal acetylenes is 1. The van der Waals surface area contributed by atoms with Crippen molar-refractivity contribution >= 4 is 17.4 Å². The number of thiazole rings is 1. The second-order valence-corrected chi connectivity index (χ2v) is 6.49. The Morgan fingerprint density at radius 1 is 1.25 bits per heavy atom. The first-order valence-corrected chi connectivity index (χ1v) is 8.82. The third-order valence-corrected chi connectivity index (χ3v) is 4.91. The van der Waals surface area contributed by atoms with Crippen LogP contribution in [-0.2, 0) is 6.54 Å². The van der Waals surface area contributed by atoms with Crippen LogP contribution in [0.1, 0.15) is 5.69 Å². The van der Waals surface area contributed by atoms with Gasteiger partial charge in [0.2, 0.25) is 0 Å². The standard InChI is InChI=1S/C18H20N4OS/c1-2-8-21-9-11-22(12-10-21)18(23)19-13-16-14-24-17(20-16)15-6-4-3-5-7-15/h1,3-7,14H,8-13H2,(H,19,23). The van der Waals surface area contributed by atoms with Crippen molar-refractivity contribution in [3.63, 3.8) is 0 Å². The normalized spacial score (nSPS) is 15.0. The minimum absolute atomic E-state index is 0.0374. The molecular formula is C18H20N4OS. The summed E-state index contributed by atoms with van der Waals surface area (Å²) in [5, 5.41) is 5.92. The van der Waals surface area contributed by atoms with Crippen LogP contribution in [0.4, 0.5) is 4.79 Å². The van der Waals surface area contributed by atoms with E-state index >= 15 is 0 Å². The number of hydrogen-bond acceptors (Lipinski definition) is 4. The number of nitrogens with zero attached hydrogens (tertiary/aromatic N) is 3. The molecule has 3 rings (SSSR count). The van der Waals surface area contributed by atoms with E-state index in [1.54, 1.807) is 11.3 Å². The summed E-state index contributed by atoms with van der Waals surface area (Å²) >= 11 is 1.59. The summed E-state index contributed by atoms with van der Waals surface area (Å²) in [4.78, 5) is 20.8. The number of aromatic nitrogens is 1. The monoisotopic (exact) mass is 340 g/mol. The highest BCUT2D eigenvalue weighted by atomic mass is 32.1. The van der Waals surface area contributed by atoms with Gasteiger partial charge in [-0.2, -0.15) is 0 Å². The zero-order valence-electron chi connectivity index (χ0n) is 13.4. The van der Waals surface area contributed by atoms with Crippen molar-refractivity contribution in [2.75, 3.05) is 32.7 Å². The van der Waals surface area contributed by atoms with Crippen LogP contribution in [0.5, 0.6) is 0 Å². The van der Waals surface area contributed by atoms with Crippen molar-refractivity contribution in [1.29, 1.82) is 0 Å². The molecule has 0 atom stereocenters. The molecule has 124 valence electrons. The van der Waals surface area contributed by atoms with E-state index in [1.165, 1.54) is 0 Å². The van der Waals surface area contributed by atoms with Gasteiger partial charge in [-0.25, -0.2) is 9.78 Å². The van der Waals surface area contributed by atoms with Crippen LogP contribution in [0, 0.1) is 12.3 Å². The Kier molecular flexibility index (Phi) is 5.47. The van der Waals surface area contributed by atoms with Crippen LogP contribution in [0.15, 0.2) is 35.7 Å². The number of piperazine rings is 1. The summed E-state index contributed by atoms with van der Waals surface area (Å²) in [5.41, 5.74) is 1.99. The second kappa shape index (κ2) is 7.95. The fourth-order valence-corrected chi connectivity index (χ4v) is 3.44. The molecule has 2 heterocycles. The van der Waals surface area contributed by atoms with E-state index in [-0.39, 0.29) is 6.03 Å². The lowest BCUT2D eigenvalue weighted by molar-refractivity contribution is 0.147. The van der Waals surface area contributed by atoms with E-state index in [4.69, 9.17) is 6.42 Å². The SMILES string of the molecule is C#CCN1CCN(C(=O)NCc2csc(-c3ccccc3)n2)CC1. The van der Waals surface area contributed by atoms with Gasteiger partial charge >= 0.3 is 6.03 Å². The number of nitrogens with one attached hydrogen (secondary N) is 1. The molecular weight excluding hydrogens is 320 g/mol. The summed E-state index contributed by atoms with van der Waals surface area (Å²) in [6, 6.07) is 10.0. The van der Waals surface area contributed by atoms with Gasteiger partial charge in [0.05, 0.1) is 18.8 Å². The molecule has 2 amide bonds. The summed E-state index contributed by atoms with van der Waals surface area (Å²) < 4.78 is 0. The van der Waals surface area contributed by atoms with Gasteiger partial charge in [-0.05, 0) is 0 Å². The number of amides is 2. The number of carbonyl (C=O) groups excluding carboxylic acids is 1. The predicted octanol–water partition coefficient (Wildman–Crippen LogP) is 2.27. The van der Waals surface area contributed by atoms with Gasteiger partial charge in [-0.15, -0.1) is 17.8 Å². The van der Waals surface area contributed by atoms with Crippen LogP contribution < -0.4 is 5.32 Å². The number of carbonyl (C=O) groups is 1. The van der Waals surface area contributed by atoms with Gasteiger partial charge in [0.1, 0.15) is 5.01 Å². The third-order valence-electron chi connectivity index (χ3n) is 3.97. The topological polar surface area (TPSA) is 48.5 Å². The molecule has 5 nitrogen and oxygen atoms in total. The Hall–Kier alpha value is -2.36. The van der Waals surface area contributed by atoms with Crippen molar-refractivity contribution in [3.8, 4) is 22.9 Å². The second-order valence-electron chi connectivity index (χ2n) is 5.64. The van der Waals surface area contributed by atoms with Crippen LogP contribution in [0.3, 0.4) is 0 Å². The zero-order valence-corrected chi connectivity index (χ0v) is 14.3. The van der Waals surface area contributed by atoms with Gasteiger partial charge in [-0.1, -0.05) is 36.3 Å². The van der Waals surface area contributed by atoms with Gasteiger partial charge in [0.25, 0.3) is 0 Å². The van der Waals surface area contributed by atoms with Crippen molar-refractivity contribution in [2.24, 2.45) is 0 Å². The maximum atomic E-state index is 12.2. The lowest BCUT2D eigenvalue weighted by Crippen LogP contribution is -2.51. The molecule has 24 heavy (non-hydrogen) atoms. The summed E-state index contributed by atoms with van der Waals surface area (Å²) in [7, 11) is 0. The first kappa shape index (κ1) is 16.5. The first-order valence-electron chi connectivity index (χ1n) is 7.94. The number of urea groups is 1. The molecule has 0 aliphatic carbocycles. The fraction of sp³-hybridized carbons (Fsp3) is 0.333. The van der Waals surface area contributed by atoms with Crippen LogP contribution >= 0.6 is 11.3 Å². The quantitative estimate of drug-likeness (QED) is 0.869. The summed E-state index contributed by atoms with van der Waals surface area (Å²) in [5.74, 6) is 2.64. The molecule has 1 aliphatic heterocycles. The predicted molar refractivity (Wildman–Crippen MR) is 96.6 cm³/mol. The molecule has 0 spiro atoms. The molecule has 1 N–H and O–H groups in total. The molecule has 1 aliphatic rings. The number of benzene rings is 1. The Balaban J connectivity index is 1.49. The molecule has 0 unspecified atom stereocenters. The van der Waals surface area contributed by atoms with Crippen LogP contribution in [0.2, 0.25) is 0 Å². The fourth-order valence-electron chi connectivity index (χ4n) is 2.62. The van der Waals surface area contributed by atoms with E-state index in [2.05, 4.69) is 21.1 Å². The van der Waals surface area contributed by atoms with E-state index in [9.17, 15) is 4.79 Å². The van der Waals surface area contributed by atoms with E-state index < -0.39 is 0 Å². The lowest BCUT2D eigenvalue weighted by atomic mass is 10.2. The highest BCUT2D eigenvalue weighted by Crippen LogP contribution is 2.23.